The number of amides is 1. The Labute approximate surface area is 163 Å². The van der Waals surface area contributed by atoms with Crippen molar-refractivity contribution >= 4 is 17.3 Å². The van der Waals surface area contributed by atoms with Crippen LogP contribution in [-0.4, -0.2) is 11.6 Å². The topological polar surface area (TPSA) is 55.7 Å². The summed E-state index contributed by atoms with van der Waals surface area (Å²) in [7, 11) is 0. The number of hydrogen-bond acceptors (Lipinski definition) is 3. The van der Waals surface area contributed by atoms with Crippen molar-refractivity contribution in [2.75, 3.05) is 5.01 Å². The predicted molar refractivity (Wildman–Crippen MR) is 80.0 cm³/mol. The number of carbonyl (C=O) groups is 1. The van der Waals surface area contributed by atoms with E-state index in [1.165, 1.54) is 12.1 Å². The van der Waals surface area contributed by atoms with Crippen LogP contribution in [0.25, 0.3) is 0 Å². The first-order valence-electron chi connectivity index (χ1n) is 6.90. The third-order valence-corrected chi connectivity index (χ3v) is 3.46. The molecule has 0 bridgehead atoms. The minimum Gasteiger partial charge on any atom is -0.877 e. The standard InChI is InChI=1S/C17H11F3N2O2.Na/c18-17(19,20)12-7-4-8-13(9-12)22-16(24)14(10-23)15(21-22)11-5-2-1-3-6-11;/h1-10,23H;/q;+1/p-1. The molecule has 1 aliphatic rings. The van der Waals surface area contributed by atoms with Gasteiger partial charge < -0.3 is 5.11 Å². The van der Waals surface area contributed by atoms with E-state index in [0.717, 1.165) is 17.1 Å². The van der Waals surface area contributed by atoms with Crippen LogP contribution in [0.15, 0.2) is 71.5 Å². The molecule has 4 nitrogen and oxygen atoms in total. The quantitative estimate of drug-likeness (QED) is 0.423. The zero-order chi connectivity index (χ0) is 17.3. The summed E-state index contributed by atoms with van der Waals surface area (Å²) in [6.07, 6.45) is -4.18. The van der Waals surface area contributed by atoms with Crippen molar-refractivity contribution in [1.82, 2.24) is 0 Å². The maximum atomic E-state index is 12.8. The fourth-order valence-electron chi connectivity index (χ4n) is 2.32. The number of rotatable bonds is 2. The van der Waals surface area contributed by atoms with Gasteiger partial charge in [-0.2, -0.15) is 23.3 Å². The zero-order valence-corrected chi connectivity index (χ0v) is 15.1. The second-order valence-electron chi connectivity index (χ2n) is 5.01. The fourth-order valence-corrected chi connectivity index (χ4v) is 2.32. The second kappa shape index (κ2) is 7.43. The Hall–Kier alpha value is -2.09. The number of alkyl halides is 3. The first-order chi connectivity index (χ1) is 11.4. The molecule has 0 radical (unpaired) electrons. The van der Waals surface area contributed by atoms with Crippen LogP contribution in [0.5, 0.6) is 0 Å². The van der Waals surface area contributed by atoms with E-state index >= 15 is 0 Å². The molecule has 0 saturated carbocycles. The largest absolute Gasteiger partial charge is 1.00 e. The van der Waals surface area contributed by atoms with Gasteiger partial charge in [-0.3, -0.25) is 4.79 Å². The van der Waals surface area contributed by atoms with Gasteiger partial charge in [0.15, 0.2) is 0 Å². The van der Waals surface area contributed by atoms with Gasteiger partial charge in [0.05, 0.1) is 16.8 Å². The first kappa shape index (κ1) is 19.2. The van der Waals surface area contributed by atoms with Crippen molar-refractivity contribution in [2.24, 2.45) is 5.10 Å². The second-order valence-corrected chi connectivity index (χ2v) is 5.01. The first-order valence-corrected chi connectivity index (χ1v) is 6.90. The van der Waals surface area contributed by atoms with Gasteiger partial charge in [0, 0.05) is 5.56 Å². The summed E-state index contributed by atoms with van der Waals surface area (Å²) >= 11 is 0. The molecule has 1 aliphatic heterocycles. The van der Waals surface area contributed by atoms with Crippen LogP contribution >= 0.6 is 0 Å². The van der Waals surface area contributed by atoms with Crippen LogP contribution in [0, 0.1) is 0 Å². The van der Waals surface area contributed by atoms with Crippen molar-refractivity contribution in [3.05, 3.63) is 77.6 Å². The fraction of sp³-hybridized carbons (Fsp3) is 0.0588. The Morgan fingerprint density at radius 1 is 1.04 bits per heavy atom. The van der Waals surface area contributed by atoms with Gasteiger partial charge in [0.25, 0.3) is 5.91 Å². The Kier molecular flexibility index (Phi) is 5.72. The number of hydrogen-bond donors (Lipinski definition) is 0. The molecule has 1 heterocycles. The SMILES string of the molecule is O=C1C(=C[O-])C(c2ccccc2)=NN1c1cccc(C(F)(F)F)c1.[Na+]. The summed E-state index contributed by atoms with van der Waals surface area (Å²) in [6.45, 7) is 0. The Morgan fingerprint density at radius 2 is 1.72 bits per heavy atom. The van der Waals surface area contributed by atoms with E-state index in [0.29, 0.717) is 11.8 Å². The molecule has 3 rings (SSSR count). The third kappa shape index (κ3) is 3.78. The van der Waals surface area contributed by atoms with Gasteiger partial charge >= 0.3 is 35.7 Å². The van der Waals surface area contributed by atoms with Crippen molar-refractivity contribution < 1.29 is 52.6 Å². The van der Waals surface area contributed by atoms with E-state index in [2.05, 4.69) is 5.10 Å². The molecule has 0 saturated heterocycles. The summed E-state index contributed by atoms with van der Waals surface area (Å²) in [5, 5.41) is 16.1. The van der Waals surface area contributed by atoms with E-state index in [-0.39, 0.29) is 46.5 Å². The summed E-state index contributed by atoms with van der Waals surface area (Å²) in [5.41, 5.74) is -0.488. The predicted octanol–water partition coefficient (Wildman–Crippen LogP) is -0.296. The molecule has 8 heteroatoms. The van der Waals surface area contributed by atoms with Gasteiger partial charge in [0.1, 0.15) is 5.71 Å². The minimum absolute atomic E-state index is 0. The Balaban J connectivity index is 0.00000225. The number of carbonyl (C=O) groups excluding carboxylic acids is 1. The minimum atomic E-state index is -4.54. The molecule has 0 N–H and O–H groups in total. The van der Waals surface area contributed by atoms with Crippen molar-refractivity contribution in [2.45, 2.75) is 6.18 Å². The maximum absolute atomic E-state index is 12.8. The molecule has 25 heavy (non-hydrogen) atoms. The zero-order valence-electron chi connectivity index (χ0n) is 13.1. The van der Waals surface area contributed by atoms with Crippen molar-refractivity contribution in [3.8, 4) is 0 Å². The van der Waals surface area contributed by atoms with Crippen molar-refractivity contribution in [3.63, 3.8) is 0 Å². The molecule has 2 aromatic carbocycles. The maximum Gasteiger partial charge on any atom is 1.00 e. The molecule has 2 aromatic rings. The van der Waals surface area contributed by atoms with Gasteiger partial charge in [-0.05, 0) is 18.2 Å². The van der Waals surface area contributed by atoms with E-state index in [9.17, 15) is 23.1 Å². The molecule has 0 aliphatic carbocycles. The average Bonchev–Trinajstić information content (AvgIpc) is 2.91. The summed E-state index contributed by atoms with van der Waals surface area (Å²) in [5.74, 6) is -0.761. The molecule has 0 unspecified atom stereocenters. The number of anilines is 1. The monoisotopic (exact) mass is 354 g/mol. The van der Waals surface area contributed by atoms with Crippen LogP contribution in [0.2, 0.25) is 0 Å². The van der Waals surface area contributed by atoms with Gasteiger partial charge in [-0.25, -0.2) is 0 Å². The molecule has 0 aromatic heterocycles. The van der Waals surface area contributed by atoms with Gasteiger partial charge in [0.2, 0.25) is 0 Å². The van der Waals surface area contributed by atoms with Crippen LogP contribution in [0.4, 0.5) is 18.9 Å². The average molecular weight is 354 g/mol. The number of hydrazone groups is 1. The Bertz CT molecular complexity index is 848. The van der Waals surface area contributed by atoms with Crippen LogP contribution < -0.4 is 39.7 Å². The van der Waals surface area contributed by atoms with E-state index in [1.54, 1.807) is 30.3 Å². The molecule has 0 fully saturated rings. The van der Waals surface area contributed by atoms with Crippen LogP contribution in [0.1, 0.15) is 11.1 Å². The summed E-state index contributed by atoms with van der Waals surface area (Å²) in [6, 6.07) is 12.7. The number of benzene rings is 2. The van der Waals surface area contributed by atoms with Gasteiger partial charge in [-0.1, -0.05) is 36.4 Å². The number of halogens is 3. The molecular weight excluding hydrogens is 344 g/mol. The van der Waals surface area contributed by atoms with Gasteiger partial charge in [-0.15, -0.1) is 6.26 Å². The van der Waals surface area contributed by atoms with Crippen molar-refractivity contribution in [1.29, 1.82) is 0 Å². The molecular formula is C17H10F3N2NaO2. The Morgan fingerprint density at radius 3 is 2.32 bits per heavy atom. The number of nitrogens with zero attached hydrogens (tertiary/aromatic N) is 2. The van der Waals surface area contributed by atoms with E-state index in [1.807, 2.05) is 0 Å². The molecule has 1 amide bonds. The normalized spacial score (nSPS) is 16.0. The third-order valence-electron chi connectivity index (χ3n) is 3.46. The smallest absolute Gasteiger partial charge is 0.877 e. The van der Waals surface area contributed by atoms with E-state index < -0.39 is 17.6 Å². The summed E-state index contributed by atoms with van der Waals surface area (Å²) in [4.78, 5) is 12.3. The van der Waals surface area contributed by atoms with E-state index in [4.69, 9.17) is 0 Å². The van der Waals surface area contributed by atoms with Crippen LogP contribution in [-0.2, 0) is 11.0 Å². The summed E-state index contributed by atoms with van der Waals surface area (Å²) < 4.78 is 38.5. The molecule has 122 valence electrons. The molecule has 0 spiro atoms. The molecule has 0 atom stereocenters. The van der Waals surface area contributed by atoms with Crippen LogP contribution in [0.3, 0.4) is 0 Å².